The molecule has 0 aliphatic carbocycles. The first-order valence-corrected chi connectivity index (χ1v) is 4.22. The molecule has 0 bridgehead atoms. The quantitative estimate of drug-likeness (QED) is 0.384. The Balaban J connectivity index is 3.53. The molecule has 0 aliphatic rings. The van der Waals surface area contributed by atoms with Gasteiger partial charge in [0.2, 0.25) is 0 Å². The number of carbonyl (C=O) groups is 1. The third-order valence-corrected chi connectivity index (χ3v) is 2.26. The highest BCUT2D eigenvalue weighted by atomic mass is 16.1. The molecule has 0 radical (unpaired) electrons. The zero-order valence-corrected chi connectivity index (χ0v) is 8.22. The summed E-state index contributed by atoms with van der Waals surface area (Å²) in [5, 5.41) is 10.1. The van der Waals surface area contributed by atoms with Crippen molar-refractivity contribution in [2.24, 2.45) is 0 Å². The number of benzene rings is 1. The molecule has 0 spiro atoms. The van der Waals surface area contributed by atoms with Crippen LogP contribution < -0.4 is 11.1 Å². The van der Waals surface area contributed by atoms with Gasteiger partial charge in [-0.25, -0.2) is 0 Å². The van der Waals surface area contributed by atoms with Gasteiger partial charge in [-0.1, -0.05) is 0 Å². The van der Waals surface area contributed by atoms with Crippen LogP contribution in [0.25, 0.3) is 0 Å². The van der Waals surface area contributed by atoms with E-state index < -0.39 is 0 Å². The molecule has 0 heterocycles. The number of anilines is 2. The normalized spacial score (nSPS) is 9.57. The van der Waals surface area contributed by atoms with E-state index in [-0.39, 0.29) is 0 Å². The fraction of sp³-hybridized carbons (Fsp3) is 0.200. The second-order valence-electron chi connectivity index (χ2n) is 2.98. The van der Waals surface area contributed by atoms with Crippen LogP contribution in [0.15, 0.2) is 6.07 Å². The predicted octanol–water partition coefficient (Wildman–Crippen LogP) is 1.43. The smallest absolute Gasteiger partial charge is 0.150 e. The van der Waals surface area contributed by atoms with Crippen molar-refractivity contribution in [1.82, 2.24) is 0 Å². The minimum absolute atomic E-state index is 0.481. The first-order valence-electron chi connectivity index (χ1n) is 4.22. The third kappa shape index (κ3) is 1.46. The highest BCUT2D eigenvalue weighted by Gasteiger charge is 2.10. The van der Waals surface area contributed by atoms with Crippen LogP contribution in [-0.2, 0) is 0 Å². The maximum Gasteiger partial charge on any atom is 0.150 e. The zero-order valence-electron chi connectivity index (χ0n) is 8.22. The van der Waals surface area contributed by atoms with Gasteiger partial charge in [-0.15, -0.1) is 0 Å². The molecular weight excluding hydrogens is 178 g/mol. The van der Waals surface area contributed by atoms with E-state index in [2.05, 4.69) is 5.32 Å². The van der Waals surface area contributed by atoms with Gasteiger partial charge in [-0.05, 0) is 18.6 Å². The first kappa shape index (κ1) is 10.2. The van der Waals surface area contributed by atoms with Crippen molar-refractivity contribution in [2.45, 2.75) is 6.92 Å². The molecule has 0 unspecified atom stereocenters. The van der Waals surface area contributed by atoms with Crippen molar-refractivity contribution >= 4 is 23.9 Å². The number of nitrogens with one attached hydrogen (secondary N) is 2. The van der Waals surface area contributed by atoms with Crippen LogP contribution in [0.3, 0.4) is 0 Å². The van der Waals surface area contributed by atoms with E-state index in [1.807, 2.05) is 0 Å². The van der Waals surface area contributed by atoms with Gasteiger partial charge < -0.3 is 16.5 Å². The topological polar surface area (TPSA) is 79.0 Å². The summed E-state index contributed by atoms with van der Waals surface area (Å²) in [6.07, 6.45) is 1.95. The summed E-state index contributed by atoms with van der Waals surface area (Å²) in [5.74, 6) is 0. The Morgan fingerprint density at radius 1 is 1.57 bits per heavy atom. The van der Waals surface area contributed by atoms with Crippen molar-refractivity contribution in [1.29, 1.82) is 5.41 Å². The molecule has 0 aliphatic heterocycles. The third-order valence-electron chi connectivity index (χ3n) is 2.26. The van der Waals surface area contributed by atoms with Crippen molar-refractivity contribution in [3.8, 4) is 0 Å². The summed E-state index contributed by atoms with van der Waals surface area (Å²) < 4.78 is 0. The summed E-state index contributed by atoms with van der Waals surface area (Å²) in [6.45, 7) is 1.77. The lowest BCUT2D eigenvalue weighted by molar-refractivity contribution is 0.112. The van der Waals surface area contributed by atoms with Gasteiger partial charge in [-0.3, -0.25) is 4.79 Å². The number of aldehydes is 1. The summed E-state index contributed by atoms with van der Waals surface area (Å²) >= 11 is 0. The van der Waals surface area contributed by atoms with Crippen molar-refractivity contribution in [2.75, 3.05) is 18.1 Å². The molecule has 74 valence electrons. The Hall–Kier alpha value is -1.84. The standard InChI is InChI=1S/C10H13N3O/c1-6-7(5-14)3-9(13-2)8(4-11)10(6)12/h3-5,11,13H,12H2,1-2H3. The van der Waals surface area contributed by atoms with E-state index in [0.717, 1.165) is 11.8 Å². The van der Waals surface area contributed by atoms with E-state index in [4.69, 9.17) is 11.1 Å². The van der Waals surface area contributed by atoms with Crippen LogP contribution in [0, 0.1) is 12.3 Å². The molecule has 4 N–H and O–H groups in total. The fourth-order valence-electron chi connectivity index (χ4n) is 1.33. The maximum absolute atomic E-state index is 10.7. The summed E-state index contributed by atoms with van der Waals surface area (Å²) in [7, 11) is 1.73. The van der Waals surface area contributed by atoms with Gasteiger partial charge in [-0.2, -0.15) is 0 Å². The Bertz CT molecular complexity index is 385. The van der Waals surface area contributed by atoms with E-state index in [9.17, 15) is 4.79 Å². The van der Waals surface area contributed by atoms with Crippen LogP contribution in [0.4, 0.5) is 11.4 Å². The number of nitrogen functional groups attached to an aromatic ring is 1. The van der Waals surface area contributed by atoms with Crippen LogP contribution in [0.1, 0.15) is 21.5 Å². The molecule has 4 heteroatoms. The van der Waals surface area contributed by atoms with Crippen LogP contribution in [-0.4, -0.2) is 19.5 Å². The molecule has 1 rings (SSSR count). The SMILES string of the molecule is CNc1cc(C=O)c(C)c(N)c1C=N. The minimum Gasteiger partial charge on any atom is -0.398 e. The lowest BCUT2D eigenvalue weighted by atomic mass is 10.0. The molecule has 0 aromatic heterocycles. The van der Waals surface area contributed by atoms with E-state index in [1.165, 1.54) is 6.21 Å². The molecule has 1 aromatic carbocycles. The highest BCUT2D eigenvalue weighted by Crippen LogP contribution is 2.26. The molecule has 0 fully saturated rings. The van der Waals surface area contributed by atoms with Gasteiger partial charge >= 0.3 is 0 Å². The maximum atomic E-state index is 10.7. The summed E-state index contributed by atoms with van der Waals surface area (Å²) in [4.78, 5) is 10.7. The fourth-order valence-corrected chi connectivity index (χ4v) is 1.33. The monoisotopic (exact) mass is 191 g/mol. The van der Waals surface area contributed by atoms with Crippen LogP contribution in [0.2, 0.25) is 0 Å². The molecule has 0 amide bonds. The Labute approximate surface area is 82.6 Å². The van der Waals surface area contributed by atoms with E-state index in [1.54, 1.807) is 20.0 Å². The van der Waals surface area contributed by atoms with Gasteiger partial charge in [0.15, 0.2) is 0 Å². The number of carbonyl (C=O) groups excluding carboxylic acids is 1. The molecule has 1 aromatic rings. The Morgan fingerprint density at radius 3 is 2.64 bits per heavy atom. The molecule has 14 heavy (non-hydrogen) atoms. The van der Waals surface area contributed by atoms with Gasteiger partial charge in [0.25, 0.3) is 0 Å². The Morgan fingerprint density at radius 2 is 2.21 bits per heavy atom. The molecule has 0 atom stereocenters. The van der Waals surface area contributed by atoms with Crippen molar-refractivity contribution < 1.29 is 4.79 Å². The average molecular weight is 191 g/mol. The number of nitrogens with two attached hydrogens (primary N) is 1. The summed E-state index contributed by atoms with van der Waals surface area (Å²) in [5.41, 5.74) is 8.87. The Kier molecular flexibility index (Phi) is 2.86. The first-order chi connectivity index (χ1) is 6.65. The number of rotatable bonds is 3. The van der Waals surface area contributed by atoms with Gasteiger partial charge in [0.1, 0.15) is 6.29 Å². The largest absolute Gasteiger partial charge is 0.398 e. The van der Waals surface area contributed by atoms with E-state index in [0.29, 0.717) is 22.5 Å². The number of hydrogen-bond donors (Lipinski definition) is 3. The van der Waals surface area contributed by atoms with E-state index >= 15 is 0 Å². The van der Waals surface area contributed by atoms with Crippen molar-refractivity contribution in [3.63, 3.8) is 0 Å². The molecular formula is C10H13N3O. The molecule has 4 nitrogen and oxygen atoms in total. The van der Waals surface area contributed by atoms with Crippen LogP contribution >= 0.6 is 0 Å². The second kappa shape index (κ2) is 3.91. The summed E-state index contributed by atoms with van der Waals surface area (Å²) in [6, 6.07) is 1.69. The predicted molar refractivity (Wildman–Crippen MR) is 58.4 cm³/mol. The average Bonchev–Trinajstić information content (AvgIpc) is 2.21. The molecule has 0 saturated heterocycles. The highest BCUT2D eigenvalue weighted by molar-refractivity contribution is 5.97. The number of hydrogen-bond acceptors (Lipinski definition) is 4. The van der Waals surface area contributed by atoms with Crippen LogP contribution in [0.5, 0.6) is 0 Å². The van der Waals surface area contributed by atoms with Crippen molar-refractivity contribution in [3.05, 3.63) is 22.8 Å². The van der Waals surface area contributed by atoms with Gasteiger partial charge in [0, 0.05) is 35.8 Å². The molecule has 0 saturated carbocycles. The zero-order chi connectivity index (χ0) is 10.7. The lowest BCUT2D eigenvalue weighted by Gasteiger charge is -2.12. The van der Waals surface area contributed by atoms with Gasteiger partial charge in [0.05, 0.1) is 0 Å². The minimum atomic E-state index is 0.481. The lowest BCUT2D eigenvalue weighted by Crippen LogP contribution is -2.04. The second-order valence-corrected chi connectivity index (χ2v) is 2.98.